The van der Waals surface area contributed by atoms with Crippen molar-refractivity contribution in [1.82, 2.24) is 5.32 Å². The zero-order valence-electron chi connectivity index (χ0n) is 13.8. The lowest BCUT2D eigenvalue weighted by Crippen LogP contribution is -2.19. The Labute approximate surface area is 146 Å². The Morgan fingerprint density at radius 3 is 2.71 bits per heavy atom. The van der Waals surface area contributed by atoms with Gasteiger partial charge in [-0.2, -0.15) is 0 Å². The van der Waals surface area contributed by atoms with E-state index in [0.717, 1.165) is 33.5 Å². The van der Waals surface area contributed by atoms with E-state index in [0.29, 0.717) is 12.1 Å². The summed E-state index contributed by atoms with van der Waals surface area (Å²) in [7, 11) is 0. The molecule has 0 aliphatic rings. The van der Waals surface area contributed by atoms with E-state index in [-0.39, 0.29) is 11.7 Å². The van der Waals surface area contributed by atoms with Gasteiger partial charge in [-0.15, -0.1) is 0 Å². The van der Waals surface area contributed by atoms with E-state index < -0.39 is 0 Å². The summed E-state index contributed by atoms with van der Waals surface area (Å²) >= 11 is 6.25. The van der Waals surface area contributed by atoms with Crippen molar-refractivity contribution in [3.05, 3.63) is 80.7 Å². The molecule has 0 aliphatic carbocycles. The highest BCUT2D eigenvalue weighted by atomic mass is 35.5. The summed E-state index contributed by atoms with van der Waals surface area (Å²) in [5.74, 6) is 0. The number of benzene rings is 2. The van der Waals surface area contributed by atoms with E-state index in [1.807, 2.05) is 36.4 Å². The van der Waals surface area contributed by atoms with Gasteiger partial charge < -0.3 is 9.73 Å². The van der Waals surface area contributed by atoms with Crippen LogP contribution in [0.5, 0.6) is 0 Å². The average molecular weight is 342 g/mol. The summed E-state index contributed by atoms with van der Waals surface area (Å²) in [5.41, 5.74) is 3.45. The summed E-state index contributed by atoms with van der Waals surface area (Å²) in [5, 5.41) is 5.14. The number of hydrogen-bond donors (Lipinski definition) is 1. The predicted octanol–water partition coefficient (Wildman–Crippen LogP) is 4.86. The van der Waals surface area contributed by atoms with E-state index in [2.05, 4.69) is 25.2 Å². The van der Waals surface area contributed by atoms with E-state index in [1.54, 1.807) is 6.07 Å². The van der Waals surface area contributed by atoms with Crippen LogP contribution in [0.4, 0.5) is 0 Å². The monoisotopic (exact) mass is 341 g/mol. The molecule has 124 valence electrons. The third-order valence-corrected chi connectivity index (χ3v) is 4.62. The second-order valence-electron chi connectivity index (χ2n) is 5.90. The molecule has 0 unspecified atom stereocenters. The second kappa shape index (κ2) is 7.20. The Bertz CT molecular complexity index is 917. The molecule has 0 spiro atoms. The van der Waals surface area contributed by atoms with Crippen molar-refractivity contribution in [2.45, 2.75) is 32.9 Å². The first-order valence-corrected chi connectivity index (χ1v) is 8.49. The lowest BCUT2D eigenvalue weighted by Gasteiger charge is -2.16. The van der Waals surface area contributed by atoms with Gasteiger partial charge in [-0.1, -0.05) is 48.9 Å². The summed E-state index contributed by atoms with van der Waals surface area (Å²) in [6.45, 7) is 4.71. The minimum Gasteiger partial charge on any atom is -0.423 e. The van der Waals surface area contributed by atoms with E-state index in [9.17, 15) is 4.79 Å². The summed E-state index contributed by atoms with van der Waals surface area (Å²) in [4.78, 5) is 11.9. The first-order valence-electron chi connectivity index (χ1n) is 8.12. The third kappa shape index (κ3) is 3.53. The topological polar surface area (TPSA) is 42.2 Å². The minimum absolute atomic E-state index is 0.0795. The molecular weight excluding hydrogens is 322 g/mol. The van der Waals surface area contributed by atoms with Crippen LogP contribution in [-0.2, 0) is 13.0 Å². The Morgan fingerprint density at radius 2 is 1.96 bits per heavy atom. The Morgan fingerprint density at radius 1 is 1.17 bits per heavy atom. The van der Waals surface area contributed by atoms with Crippen LogP contribution in [0.1, 0.15) is 36.6 Å². The molecule has 3 rings (SSSR count). The van der Waals surface area contributed by atoms with Crippen LogP contribution < -0.4 is 10.9 Å². The number of fused-ring (bicyclic) bond motifs is 1. The van der Waals surface area contributed by atoms with E-state index >= 15 is 0 Å². The molecule has 24 heavy (non-hydrogen) atoms. The van der Waals surface area contributed by atoms with E-state index in [1.165, 1.54) is 0 Å². The molecule has 2 aromatic carbocycles. The standard InChI is InChI=1S/C20H20ClNO2/c1-3-14-8-9-17-15(11-20(23)24-19(17)10-14)12-22-13(2)16-6-4-5-7-18(16)21/h4-11,13,22H,3,12H2,1-2H3/t13-/m0/s1. The summed E-state index contributed by atoms with van der Waals surface area (Å²) < 4.78 is 5.35. The number of aryl methyl sites for hydroxylation is 1. The van der Waals surface area contributed by atoms with Crippen LogP contribution in [0.3, 0.4) is 0 Å². The van der Waals surface area contributed by atoms with Crippen LogP contribution in [0.15, 0.2) is 57.7 Å². The fourth-order valence-electron chi connectivity index (χ4n) is 2.84. The SMILES string of the molecule is CCc1ccc2c(CN[C@@H](C)c3ccccc3Cl)cc(=O)oc2c1. The number of halogens is 1. The van der Waals surface area contributed by atoms with Crippen LogP contribution >= 0.6 is 11.6 Å². The van der Waals surface area contributed by atoms with Gasteiger partial charge in [0.1, 0.15) is 5.58 Å². The van der Waals surface area contributed by atoms with Gasteiger partial charge >= 0.3 is 5.63 Å². The summed E-state index contributed by atoms with van der Waals surface area (Å²) in [6.07, 6.45) is 0.908. The van der Waals surface area contributed by atoms with Gasteiger partial charge in [-0.05, 0) is 42.2 Å². The fraction of sp³-hybridized carbons (Fsp3) is 0.250. The molecule has 1 N–H and O–H groups in total. The van der Waals surface area contributed by atoms with Crippen molar-refractivity contribution in [3.8, 4) is 0 Å². The van der Waals surface area contributed by atoms with Crippen LogP contribution in [0.25, 0.3) is 11.0 Å². The lowest BCUT2D eigenvalue weighted by atomic mass is 10.0. The molecule has 0 aliphatic heterocycles. The largest absolute Gasteiger partial charge is 0.423 e. The minimum atomic E-state index is -0.321. The van der Waals surface area contributed by atoms with Crippen molar-refractivity contribution in [2.75, 3.05) is 0 Å². The number of rotatable bonds is 5. The zero-order valence-corrected chi connectivity index (χ0v) is 14.6. The molecule has 1 aromatic heterocycles. The second-order valence-corrected chi connectivity index (χ2v) is 6.31. The van der Waals surface area contributed by atoms with Gasteiger partial charge in [0, 0.05) is 29.1 Å². The number of nitrogens with one attached hydrogen (secondary N) is 1. The maximum atomic E-state index is 11.9. The first kappa shape index (κ1) is 16.7. The maximum Gasteiger partial charge on any atom is 0.336 e. The number of hydrogen-bond acceptors (Lipinski definition) is 3. The van der Waals surface area contributed by atoms with Crippen LogP contribution in [0.2, 0.25) is 5.02 Å². The Hall–Kier alpha value is -2.10. The quantitative estimate of drug-likeness (QED) is 0.674. The highest BCUT2D eigenvalue weighted by Gasteiger charge is 2.11. The van der Waals surface area contributed by atoms with Crippen LogP contribution in [0, 0.1) is 0 Å². The Kier molecular flexibility index (Phi) is 5.03. The molecule has 0 radical (unpaired) electrons. The molecule has 0 amide bonds. The van der Waals surface area contributed by atoms with Gasteiger partial charge in [-0.25, -0.2) is 4.79 Å². The van der Waals surface area contributed by atoms with Crippen molar-refractivity contribution in [2.24, 2.45) is 0 Å². The molecule has 0 bridgehead atoms. The predicted molar refractivity (Wildman–Crippen MR) is 98.6 cm³/mol. The van der Waals surface area contributed by atoms with Gasteiger partial charge in [0.25, 0.3) is 0 Å². The van der Waals surface area contributed by atoms with Gasteiger partial charge in [0.05, 0.1) is 0 Å². The van der Waals surface area contributed by atoms with E-state index in [4.69, 9.17) is 16.0 Å². The van der Waals surface area contributed by atoms with Crippen molar-refractivity contribution < 1.29 is 4.42 Å². The third-order valence-electron chi connectivity index (χ3n) is 4.27. The maximum absolute atomic E-state index is 11.9. The molecule has 3 aromatic rings. The highest BCUT2D eigenvalue weighted by Crippen LogP contribution is 2.24. The normalized spacial score (nSPS) is 12.5. The van der Waals surface area contributed by atoms with Gasteiger partial charge in [0.15, 0.2) is 0 Å². The smallest absolute Gasteiger partial charge is 0.336 e. The molecular formula is C20H20ClNO2. The average Bonchev–Trinajstić information content (AvgIpc) is 2.59. The van der Waals surface area contributed by atoms with Crippen molar-refractivity contribution in [3.63, 3.8) is 0 Å². The molecule has 4 heteroatoms. The molecule has 1 atom stereocenters. The van der Waals surface area contributed by atoms with Crippen molar-refractivity contribution >= 4 is 22.6 Å². The molecule has 3 nitrogen and oxygen atoms in total. The zero-order chi connectivity index (χ0) is 17.1. The first-order chi connectivity index (χ1) is 11.6. The molecule has 0 saturated heterocycles. The summed E-state index contributed by atoms with van der Waals surface area (Å²) in [6, 6.07) is 15.4. The highest BCUT2D eigenvalue weighted by molar-refractivity contribution is 6.31. The Balaban J connectivity index is 1.87. The molecule has 0 fully saturated rings. The van der Waals surface area contributed by atoms with Gasteiger partial charge in [0.2, 0.25) is 0 Å². The molecule has 0 saturated carbocycles. The fourth-order valence-corrected chi connectivity index (χ4v) is 3.14. The van der Waals surface area contributed by atoms with Crippen LogP contribution in [-0.4, -0.2) is 0 Å². The molecule has 1 heterocycles. The van der Waals surface area contributed by atoms with Crippen molar-refractivity contribution in [1.29, 1.82) is 0 Å². The van der Waals surface area contributed by atoms with Gasteiger partial charge in [-0.3, -0.25) is 0 Å². The lowest BCUT2D eigenvalue weighted by molar-refractivity contribution is 0.547.